The molecule has 1 unspecified atom stereocenters. The van der Waals surface area contributed by atoms with Gasteiger partial charge in [-0.1, -0.05) is 6.92 Å². The third-order valence-corrected chi connectivity index (χ3v) is 3.76. The molecule has 2 N–H and O–H groups in total. The Morgan fingerprint density at radius 2 is 1.85 bits per heavy atom. The van der Waals surface area contributed by atoms with E-state index >= 15 is 0 Å². The third kappa shape index (κ3) is 6.56. The van der Waals surface area contributed by atoms with Crippen molar-refractivity contribution in [1.82, 2.24) is 10.2 Å². The Bertz CT molecular complexity index is 296. The van der Waals surface area contributed by atoms with Gasteiger partial charge in [0.2, 0.25) is 0 Å². The van der Waals surface area contributed by atoms with Crippen LogP contribution in [0.1, 0.15) is 32.6 Å². The zero-order valence-electron chi connectivity index (χ0n) is 11.7. The molecule has 0 aromatic carbocycles. The van der Waals surface area contributed by atoms with Crippen molar-refractivity contribution in [2.24, 2.45) is 5.92 Å². The first-order valence-electron chi connectivity index (χ1n) is 7.05. The van der Waals surface area contributed by atoms with Gasteiger partial charge in [-0.3, -0.25) is 0 Å². The summed E-state index contributed by atoms with van der Waals surface area (Å²) < 4.78 is 31.7. The lowest BCUT2D eigenvalue weighted by atomic mass is 9.99. The summed E-state index contributed by atoms with van der Waals surface area (Å²) in [6.45, 7) is 7.59. The summed E-state index contributed by atoms with van der Waals surface area (Å²) in [5, 5.41) is 10.7. The standard InChI is InChI=1S/C11H22N2.C2HF3O2/c1-10-4-7-13(8-5-10)9-11-3-2-6-12-11;3-2(4,5)1(6)7/h10-12H,2-9H2,1H3;(H,6,7). The van der Waals surface area contributed by atoms with Crippen molar-refractivity contribution in [1.29, 1.82) is 0 Å². The van der Waals surface area contributed by atoms with Gasteiger partial charge in [0.05, 0.1) is 0 Å². The summed E-state index contributed by atoms with van der Waals surface area (Å²) in [6.07, 6.45) is 0.514. The van der Waals surface area contributed by atoms with E-state index in [2.05, 4.69) is 17.1 Å². The monoisotopic (exact) mass is 296 g/mol. The van der Waals surface area contributed by atoms with E-state index in [1.54, 1.807) is 0 Å². The number of hydrogen-bond acceptors (Lipinski definition) is 3. The number of nitrogens with zero attached hydrogens (tertiary/aromatic N) is 1. The number of rotatable bonds is 2. The van der Waals surface area contributed by atoms with Crippen molar-refractivity contribution in [2.75, 3.05) is 26.2 Å². The first-order valence-corrected chi connectivity index (χ1v) is 7.05. The predicted molar refractivity (Wildman–Crippen MR) is 69.6 cm³/mol. The van der Waals surface area contributed by atoms with Gasteiger partial charge in [-0.15, -0.1) is 0 Å². The topological polar surface area (TPSA) is 52.6 Å². The number of carboxylic acids is 1. The zero-order chi connectivity index (χ0) is 15.2. The van der Waals surface area contributed by atoms with Crippen molar-refractivity contribution < 1.29 is 23.1 Å². The normalized spacial score (nSPS) is 25.1. The highest BCUT2D eigenvalue weighted by Crippen LogP contribution is 2.17. The Morgan fingerprint density at radius 3 is 2.25 bits per heavy atom. The summed E-state index contributed by atoms with van der Waals surface area (Å²) in [5.41, 5.74) is 0. The molecule has 7 heteroatoms. The number of likely N-dealkylation sites (tertiary alicyclic amines) is 1. The number of carboxylic acid groups (broad SMARTS) is 1. The molecule has 0 amide bonds. The Balaban J connectivity index is 0.000000246. The van der Waals surface area contributed by atoms with Gasteiger partial charge < -0.3 is 15.3 Å². The quantitative estimate of drug-likeness (QED) is 0.819. The van der Waals surface area contributed by atoms with Crippen LogP contribution >= 0.6 is 0 Å². The van der Waals surface area contributed by atoms with Gasteiger partial charge in [-0.25, -0.2) is 4.79 Å². The van der Waals surface area contributed by atoms with Crippen LogP contribution in [0.5, 0.6) is 0 Å². The summed E-state index contributed by atoms with van der Waals surface area (Å²) in [7, 11) is 0. The number of nitrogens with one attached hydrogen (secondary N) is 1. The molecule has 2 rings (SSSR count). The summed E-state index contributed by atoms with van der Waals surface area (Å²) in [5.74, 6) is -1.79. The Kier molecular flexibility index (Phi) is 6.75. The second-order valence-electron chi connectivity index (χ2n) is 5.58. The molecule has 2 fully saturated rings. The fourth-order valence-corrected chi connectivity index (χ4v) is 2.47. The van der Waals surface area contributed by atoms with Crippen molar-refractivity contribution in [2.45, 2.75) is 44.8 Å². The van der Waals surface area contributed by atoms with Crippen LogP contribution < -0.4 is 5.32 Å². The molecule has 2 aliphatic heterocycles. The predicted octanol–water partition coefficient (Wildman–Crippen LogP) is 2.10. The molecule has 0 aromatic heterocycles. The van der Waals surface area contributed by atoms with Crippen LogP contribution in [0.4, 0.5) is 13.2 Å². The molecule has 0 radical (unpaired) electrons. The molecular weight excluding hydrogens is 273 g/mol. The second kappa shape index (κ2) is 7.83. The SMILES string of the molecule is CC1CCN(CC2CCCN2)CC1.O=C(O)C(F)(F)F. The van der Waals surface area contributed by atoms with Crippen LogP contribution in [0.15, 0.2) is 0 Å². The molecule has 4 nitrogen and oxygen atoms in total. The number of alkyl halides is 3. The minimum absolute atomic E-state index is 0.799. The van der Waals surface area contributed by atoms with E-state index in [0.717, 1.165) is 12.0 Å². The molecule has 0 aliphatic carbocycles. The largest absolute Gasteiger partial charge is 0.490 e. The van der Waals surface area contributed by atoms with Crippen molar-refractivity contribution in [3.63, 3.8) is 0 Å². The van der Waals surface area contributed by atoms with Crippen LogP contribution in [0.3, 0.4) is 0 Å². The molecule has 0 aromatic rings. The minimum Gasteiger partial charge on any atom is -0.475 e. The van der Waals surface area contributed by atoms with Gasteiger partial charge >= 0.3 is 12.1 Å². The third-order valence-electron chi connectivity index (χ3n) is 3.76. The first-order chi connectivity index (χ1) is 9.29. The molecular formula is C13H23F3N2O2. The molecule has 1 atom stereocenters. The molecule has 0 bridgehead atoms. The van der Waals surface area contributed by atoms with Gasteiger partial charge in [0.1, 0.15) is 0 Å². The van der Waals surface area contributed by atoms with Crippen molar-refractivity contribution in [3.05, 3.63) is 0 Å². The highest BCUT2D eigenvalue weighted by Gasteiger charge is 2.38. The van der Waals surface area contributed by atoms with Crippen LogP contribution in [0.25, 0.3) is 0 Å². The van der Waals surface area contributed by atoms with Gasteiger partial charge in [0, 0.05) is 12.6 Å². The van der Waals surface area contributed by atoms with E-state index in [1.165, 1.54) is 51.9 Å². The van der Waals surface area contributed by atoms with Gasteiger partial charge in [-0.2, -0.15) is 13.2 Å². The van der Waals surface area contributed by atoms with Crippen molar-refractivity contribution >= 4 is 5.97 Å². The lowest BCUT2D eigenvalue weighted by Gasteiger charge is -2.32. The van der Waals surface area contributed by atoms with Crippen LogP contribution in [-0.2, 0) is 4.79 Å². The highest BCUT2D eigenvalue weighted by molar-refractivity contribution is 5.73. The Labute approximate surface area is 117 Å². The molecule has 2 saturated heterocycles. The van der Waals surface area contributed by atoms with Gasteiger partial charge in [0.15, 0.2) is 0 Å². The van der Waals surface area contributed by atoms with Gasteiger partial charge in [0.25, 0.3) is 0 Å². The zero-order valence-corrected chi connectivity index (χ0v) is 11.7. The molecule has 0 spiro atoms. The maximum atomic E-state index is 10.6. The van der Waals surface area contributed by atoms with E-state index < -0.39 is 12.1 Å². The average molecular weight is 296 g/mol. The van der Waals surface area contributed by atoms with E-state index in [4.69, 9.17) is 9.90 Å². The lowest BCUT2D eigenvalue weighted by molar-refractivity contribution is -0.192. The van der Waals surface area contributed by atoms with Crippen LogP contribution in [0.2, 0.25) is 0 Å². The summed E-state index contributed by atoms with van der Waals surface area (Å²) in [6, 6.07) is 0.799. The number of halogens is 3. The summed E-state index contributed by atoms with van der Waals surface area (Å²) >= 11 is 0. The average Bonchev–Trinajstić information content (AvgIpc) is 2.84. The molecule has 118 valence electrons. The van der Waals surface area contributed by atoms with E-state index in [9.17, 15) is 13.2 Å². The molecule has 20 heavy (non-hydrogen) atoms. The number of aliphatic carboxylic acids is 1. The fraction of sp³-hybridized carbons (Fsp3) is 0.923. The molecule has 2 heterocycles. The second-order valence-corrected chi connectivity index (χ2v) is 5.58. The minimum atomic E-state index is -5.08. The maximum Gasteiger partial charge on any atom is 0.490 e. The maximum absolute atomic E-state index is 10.6. The summed E-state index contributed by atoms with van der Waals surface area (Å²) in [4.78, 5) is 11.5. The fourth-order valence-electron chi connectivity index (χ4n) is 2.47. The van der Waals surface area contributed by atoms with E-state index in [1.807, 2.05) is 0 Å². The van der Waals surface area contributed by atoms with E-state index in [-0.39, 0.29) is 0 Å². The number of piperidine rings is 1. The first kappa shape index (κ1) is 17.2. The highest BCUT2D eigenvalue weighted by atomic mass is 19.4. The molecule has 0 saturated carbocycles. The van der Waals surface area contributed by atoms with Crippen LogP contribution in [0, 0.1) is 5.92 Å². The number of carbonyl (C=O) groups is 1. The Hall–Kier alpha value is -0.820. The smallest absolute Gasteiger partial charge is 0.475 e. The van der Waals surface area contributed by atoms with Gasteiger partial charge in [-0.05, 0) is 51.2 Å². The lowest BCUT2D eigenvalue weighted by Crippen LogP contribution is -2.41. The Morgan fingerprint density at radius 1 is 1.30 bits per heavy atom. The van der Waals surface area contributed by atoms with Crippen LogP contribution in [-0.4, -0.2) is 54.4 Å². The number of hydrogen-bond donors (Lipinski definition) is 2. The van der Waals surface area contributed by atoms with E-state index in [0.29, 0.717) is 0 Å². The molecule has 2 aliphatic rings. The van der Waals surface area contributed by atoms with Crippen molar-refractivity contribution in [3.8, 4) is 0 Å².